The van der Waals surface area contributed by atoms with Gasteiger partial charge in [0.25, 0.3) is 0 Å². The largest absolute Gasteiger partial charge is 0.397 e. The van der Waals surface area contributed by atoms with Gasteiger partial charge in [-0.25, -0.2) is 0 Å². The van der Waals surface area contributed by atoms with E-state index in [9.17, 15) is 5.11 Å². The maximum atomic E-state index is 9.49. The average Bonchev–Trinajstić information content (AvgIpc) is 2.20. The van der Waals surface area contributed by atoms with Crippen molar-refractivity contribution in [3.8, 4) is 0 Å². The molecule has 0 radical (unpaired) electrons. The fourth-order valence-corrected chi connectivity index (χ4v) is 1.05. The molecule has 1 heterocycles. The molecule has 0 amide bonds. The number of rotatable bonds is 3. The second kappa shape index (κ2) is 4.36. The molecule has 2 atom stereocenters. The van der Waals surface area contributed by atoms with E-state index < -0.39 is 18.8 Å². The number of aryl methyl sites for hydroxylation is 1. The second-order valence-corrected chi connectivity index (χ2v) is 3.16. The van der Waals surface area contributed by atoms with Gasteiger partial charge in [0.1, 0.15) is 12.2 Å². The summed E-state index contributed by atoms with van der Waals surface area (Å²) in [5.41, 5.74) is 7.15. The van der Waals surface area contributed by atoms with Crippen molar-refractivity contribution in [1.29, 1.82) is 0 Å². The Kier molecular flexibility index (Phi) is 3.40. The molecule has 0 saturated carbocycles. The Labute approximate surface area is 81.8 Å². The van der Waals surface area contributed by atoms with Crippen LogP contribution in [0.15, 0.2) is 12.3 Å². The Morgan fingerprint density at radius 3 is 2.64 bits per heavy atom. The highest BCUT2D eigenvalue weighted by molar-refractivity contribution is 5.44. The monoisotopic (exact) mass is 198 g/mol. The quantitative estimate of drug-likeness (QED) is 0.517. The maximum absolute atomic E-state index is 9.49. The number of aliphatic hydroxyl groups excluding tert-OH is 3. The van der Waals surface area contributed by atoms with Gasteiger partial charge in [-0.05, 0) is 18.6 Å². The molecule has 0 aliphatic carbocycles. The molecule has 14 heavy (non-hydrogen) atoms. The summed E-state index contributed by atoms with van der Waals surface area (Å²) in [6.45, 7) is 1.27. The van der Waals surface area contributed by atoms with Crippen LogP contribution >= 0.6 is 0 Å². The number of nitrogens with zero attached hydrogens (tertiary/aromatic N) is 1. The minimum Gasteiger partial charge on any atom is -0.397 e. The van der Waals surface area contributed by atoms with Crippen LogP contribution in [0.5, 0.6) is 0 Å². The zero-order valence-electron chi connectivity index (χ0n) is 7.88. The van der Waals surface area contributed by atoms with Crippen molar-refractivity contribution < 1.29 is 15.3 Å². The first-order chi connectivity index (χ1) is 6.56. The molecule has 5 nitrogen and oxygen atoms in total. The lowest BCUT2D eigenvalue weighted by atomic mass is 10.1. The van der Waals surface area contributed by atoms with Gasteiger partial charge in [0.2, 0.25) is 0 Å². The van der Waals surface area contributed by atoms with Crippen LogP contribution in [0.25, 0.3) is 0 Å². The third-order valence-electron chi connectivity index (χ3n) is 2.03. The van der Waals surface area contributed by atoms with Crippen LogP contribution in [0, 0.1) is 6.92 Å². The molecule has 0 fully saturated rings. The lowest BCUT2D eigenvalue weighted by Gasteiger charge is -2.15. The van der Waals surface area contributed by atoms with E-state index in [-0.39, 0.29) is 0 Å². The molecule has 1 aromatic heterocycles. The average molecular weight is 198 g/mol. The normalized spacial score (nSPS) is 15.1. The molecule has 1 rings (SSSR count). The van der Waals surface area contributed by atoms with Crippen LogP contribution in [0.2, 0.25) is 0 Å². The summed E-state index contributed by atoms with van der Waals surface area (Å²) in [4.78, 5) is 3.86. The first-order valence-corrected chi connectivity index (χ1v) is 4.25. The molecular weight excluding hydrogens is 184 g/mol. The molecule has 0 aromatic carbocycles. The van der Waals surface area contributed by atoms with Crippen LogP contribution in [0.1, 0.15) is 17.4 Å². The second-order valence-electron chi connectivity index (χ2n) is 3.16. The molecule has 0 aliphatic heterocycles. The predicted molar refractivity (Wildman–Crippen MR) is 51.4 cm³/mol. The summed E-state index contributed by atoms with van der Waals surface area (Å²) in [6, 6.07) is 1.58. The van der Waals surface area contributed by atoms with Gasteiger partial charge in [0, 0.05) is 0 Å². The number of nitrogen functional groups attached to an aromatic ring is 1. The van der Waals surface area contributed by atoms with Crippen molar-refractivity contribution in [3.63, 3.8) is 0 Å². The molecule has 5 heteroatoms. The van der Waals surface area contributed by atoms with Gasteiger partial charge in [-0.2, -0.15) is 0 Å². The van der Waals surface area contributed by atoms with Crippen LogP contribution < -0.4 is 5.73 Å². The van der Waals surface area contributed by atoms with Crippen molar-refractivity contribution in [3.05, 3.63) is 23.5 Å². The number of hydrogen-bond acceptors (Lipinski definition) is 5. The Balaban J connectivity index is 2.91. The molecule has 1 aromatic rings. The molecule has 78 valence electrons. The number of aliphatic hydroxyl groups is 3. The number of nitrogens with two attached hydrogens (primary N) is 1. The van der Waals surface area contributed by atoms with Gasteiger partial charge in [-0.1, -0.05) is 0 Å². The number of pyridine rings is 1. The molecule has 0 saturated heterocycles. The van der Waals surface area contributed by atoms with Crippen LogP contribution in [-0.2, 0) is 0 Å². The summed E-state index contributed by atoms with van der Waals surface area (Å²) < 4.78 is 0. The van der Waals surface area contributed by atoms with Crippen molar-refractivity contribution in [1.82, 2.24) is 4.98 Å². The van der Waals surface area contributed by atoms with E-state index in [1.165, 1.54) is 6.20 Å². The molecule has 0 spiro atoms. The minimum absolute atomic E-state index is 0.304. The van der Waals surface area contributed by atoms with E-state index in [4.69, 9.17) is 15.9 Å². The maximum Gasteiger partial charge on any atom is 0.124 e. The Morgan fingerprint density at radius 1 is 1.50 bits per heavy atom. The van der Waals surface area contributed by atoms with Crippen LogP contribution in [0.3, 0.4) is 0 Å². The van der Waals surface area contributed by atoms with E-state index in [2.05, 4.69) is 4.98 Å². The molecule has 5 N–H and O–H groups in total. The molecule has 2 unspecified atom stereocenters. The van der Waals surface area contributed by atoms with E-state index in [0.717, 1.165) is 5.56 Å². The third kappa shape index (κ3) is 2.20. The molecule has 0 aliphatic rings. The first kappa shape index (κ1) is 10.9. The zero-order valence-corrected chi connectivity index (χ0v) is 7.88. The van der Waals surface area contributed by atoms with Gasteiger partial charge in [0.05, 0.1) is 24.2 Å². The lowest BCUT2D eigenvalue weighted by molar-refractivity contribution is -0.0172. The fraction of sp³-hybridized carbons (Fsp3) is 0.444. The summed E-state index contributed by atoms with van der Waals surface area (Å²) >= 11 is 0. The van der Waals surface area contributed by atoms with E-state index in [1.54, 1.807) is 13.0 Å². The number of aromatic nitrogens is 1. The standard InChI is InChI=1S/C9H14N2O3/c1-5-2-7(11-3-6(5)10)9(14)8(13)4-12/h2-3,8-9,12-14H,4,10H2,1H3. The summed E-state index contributed by atoms with van der Waals surface area (Å²) in [5, 5.41) is 27.3. The first-order valence-electron chi connectivity index (χ1n) is 4.25. The zero-order chi connectivity index (χ0) is 10.7. The van der Waals surface area contributed by atoms with Gasteiger partial charge < -0.3 is 21.1 Å². The highest BCUT2D eigenvalue weighted by Gasteiger charge is 2.18. The molecule has 0 bridgehead atoms. The summed E-state index contributed by atoms with van der Waals surface area (Å²) in [5.74, 6) is 0. The SMILES string of the molecule is Cc1cc(C(O)C(O)CO)ncc1N. The highest BCUT2D eigenvalue weighted by atomic mass is 16.4. The highest BCUT2D eigenvalue weighted by Crippen LogP contribution is 2.18. The van der Waals surface area contributed by atoms with Crippen molar-refractivity contribution in [2.45, 2.75) is 19.1 Å². The Morgan fingerprint density at radius 2 is 2.14 bits per heavy atom. The smallest absolute Gasteiger partial charge is 0.124 e. The van der Waals surface area contributed by atoms with Crippen molar-refractivity contribution >= 4 is 5.69 Å². The van der Waals surface area contributed by atoms with Gasteiger partial charge >= 0.3 is 0 Å². The summed E-state index contributed by atoms with van der Waals surface area (Å²) in [6.07, 6.45) is -0.984. The fourth-order valence-electron chi connectivity index (χ4n) is 1.05. The topological polar surface area (TPSA) is 99.6 Å². The van der Waals surface area contributed by atoms with Gasteiger partial charge in [0.15, 0.2) is 0 Å². The number of anilines is 1. The van der Waals surface area contributed by atoms with E-state index in [0.29, 0.717) is 11.4 Å². The van der Waals surface area contributed by atoms with Crippen molar-refractivity contribution in [2.24, 2.45) is 0 Å². The van der Waals surface area contributed by atoms with Crippen LogP contribution in [0.4, 0.5) is 5.69 Å². The Hall–Kier alpha value is -1.17. The van der Waals surface area contributed by atoms with Crippen LogP contribution in [-0.4, -0.2) is 33.0 Å². The Bertz CT molecular complexity index is 317. The van der Waals surface area contributed by atoms with Gasteiger partial charge in [-0.15, -0.1) is 0 Å². The van der Waals surface area contributed by atoms with Crippen molar-refractivity contribution in [2.75, 3.05) is 12.3 Å². The van der Waals surface area contributed by atoms with Gasteiger partial charge in [-0.3, -0.25) is 4.98 Å². The van der Waals surface area contributed by atoms with E-state index in [1.807, 2.05) is 0 Å². The molecular formula is C9H14N2O3. The third-order valence-corrected chi connectivity index (χ3v) is 2.03. The summed E-state index contributed by atoms with van der Waals surface area (Å²) in [7, 11) is 0. The lowest BCUT2D eigenvalue weighted by Crippen LogP contribution is -2.23. The predicted octanol–water partition coefficient (Wildman–Crippen LogP) is -0.641. The number of hydrogen-bond donors (Lipinski definition) is 4. The minimum atomic E-state index is -1.22. The van der Waals surface area contributed by atoms with E-state index >= 15 is 0 Å².